The summed E-state index contributed by atoms with van der Waals surface area (Å²) in [5.41, 5.74) is 11.6. The van der Waals surface area contributed by atoms with E-state index in [1.807, 2.05) is 0 Å². The topological polar surface area (TPSA) is 210 Å². The van der Waals surface area contributed by atoms with E-state index >= 15 is 0 Å². The van der Waals surface area contributed by atoms with E-state index in [1.54, 1.807) is 20.8 Å². The number of anilines is 1. The highest BCUT2D eigenvalue weighted by atomic mass is 16.4. The Balaban J connectivity index is 0.000000205. The lowest BCUT2D eigenvalue weighted by molar-refractivity contribution is -0.139. The Hall–Kier alpha value is -3.54. The number of aromatic amines is 3. The van der Waals surface area contributed by atoms with Gasteiger partial charge in [-0.2, -0.15) is 0 Å². The first kappa shape index (κ1) is 21.5. The molecule has 0 saturated heterocycles. The quantitative estimate of drug-likeness (QED) is 0.334. The second-order valence-electron chi connectivity index (χ2n) is 5.72. The number of H-pyrrole nitrogens is 3. The van der Waals surface area contributed by atoms with Crippen LogP contribution in [-0.4, -0.2) is 47.0 Å². The van der Waals surface area contributed by atoms with E-state index in [2.05, 4.69) is 29.9 Å². The molecule has 0 unspecified atom stereocenters. The number of aliphatic carboxylic acids is 1. The van der Waals surface area contributed by atoms with Crippen LogP contribution in [0.3, 0.4) is 0 Å². The molecule has 0 radical (unpaired) electrons. The van der Waals surface area contributed by atoms with Crippen molar-refractivity contribution >= 4 is 23.0 Å². The van der Waals surface area contributed by atoms with Crippen LogP contribution in [0.15, 0.2) is 28.4 Å². The third kappa shape index (κ3) is 6.70. The summed E-state index contributed by atoms with van der Waals surface area (Å²) in [5.74, 6) is -0.477. The molecule has 3 aromatic heterocycles. The van der Waals surface area contributed by atoms with Gasteiger partial charge in [0.2, 0.25) is 0 Å². The van der Waals surface area contributed by atoms with Crippen LogP contribution in [0.1, 0.15) is 19.4 Å². The first-order chi connectivity index (χ1) is 12.6. The van der Waals surface area contributed by atoms with Crippen molar-refractivity contribution in [1.29, 1.82) is 0 Å². The number of carboxylic acids is 1. The number of nitrogens with one attached hydrogen (secondary N) is 3. The number of aryl methyl sites for hydroxylation is 1. The van der Waals surface area contributed by atoms with E-state index in [1.165, 1.54) is 18.9 Å². The first-order valence-corrected chi connectivity index (χ1v) is 7.80. The highest BCUT2D eigenvalue weighted by molar-refractivity contribution is 5.80. The number of hydrogen-bond acceptors (Lipinski definition) is 8. The monoisotopic (exact) mass is 378 g/mol. The maximum atomic E-state index is 10.6. The molecule has 146 valence electrons. The predicted molar refractivity (Wildman–Crippen MR) is 99.0 cm³/mol. The second kappa shape index (κ2) is 9.82. The number of carboxylic acid groups (broad SMARTS) is 1. The first-order valence-electron chi connectivity index (χ1n) is 7.80. The molecular weight excluding hydrogens is 356 g/mol. The number of hydrogen-bond donors (Lipinski definition) is 6. The number of nitrogen functional groups attached to an aromatic ring is 1. The number of nitrogens with zero attached hydrogens (tertiary/aromatic N) is 3. The van der Waals surface area contributed by atoms with E-state index in [-0.39, 0.29) is 11.5 Å². The fourth-order valence-corrected chi connectivity index (χ4v) is 1.55. The fraction of sp³-hybridized carbons (Fsp3) is 0.333. The molecule has 0 aliphatic rings. The molecule has 27 heavy (non-hydrogen) atoms. The summed E-state index contributed by atoms with van der Waals surface area (Å²) >= 11 is 0. The number of rotatable bonds is 2. The zero-order valence-corrected chi connectivity index (χ0v) is 15.1. The van der Waals surface area contributed by atoms with Gasteiger partial charge in [-0.15, -0.1) is 0 Å². The van der Waals surface area contributed by atoms with Crippen LogP contribution >= 0.6 is 0 Å². The van der Waals surface area contributed by atoms with Crippen LogP contribution in [0.2, 0.25) is 0 Å². The lowest BCUT2D eigenvalue weighted by Gasteiger charge is -2.07. The van der Waals surface area contributed by atoms with Crippen molar-refractivity contribution in [1.82, 2.24) is 29.9 Å². The van der Waals surface area contributed by atoms with Crippen molar-refractivity contribution < 1.29 is 9.90 Å². The number of imidazole rings is 1. The smallest absolute Gasteiger partial charge is 0.325 e. The summed E-state index contributed by atoms with van der Waals surface area (Å²) in [5, 5.41) is 8.23. The molecule has 3 rings (SSSR count). The molecule has 0 spiro atoms. The van der Waals surface area contributed by atoms with Gasteiger partial charge in [0.25, 0.3) is 5.56 Å². The third-order valence-electron chi connectivity index (χ3n) is 3.26. The standard InChI is InChI=1S/C5H5N5.C5H6N2O2.C5H11NO2/c6-4-3-5(9-1-7-3)10-2-8-4;1-3-2-6-5(9)7-4(3)8;1-3(2)4(6)5(7)8/h1-2H,(H3,6,7,8,9,10);2H,1H3,(H2,6,7,8,9);3-4H,6H2,1-2H3,(H,7,8)/t;;4-/m..0/s1. The van der Waals surface area contributed by atoms with Gasteiger partial charge in [0.05, 0.1) is 6.33 Å². The van der Waals surface area contributed by atoms with Gasteiger partial charge < -0.3 is 26.5 Å². The van der Waals surface area contributed by atoms with Crippen LogP contribution in [-0.2, 0) is 4.79 Å². The minimum atomic E-state index is -0.931. The summed E-state index contributed by atoms with van der Waals surface area (Å²) < 4.78 is 0. The summed E-state index contributed by atoms with van der Waals surface area (Å²) in [6.45, 7) is 5.17. The lowest BCUT2D eigenvalue weighted by Crippen LogP contribution is -2.34. The van der Waals surface area contributed by atoms with Crippen LogP contribution < -0.4 is 22.7 Å². The van der Waals surface area contributed by atoms with E-state index in [0.717, 1.165) is 0 Å². The van der Waals surface area contributed by atoms with Gasteiger partial charge in [-0.3, -0.25) is 14.6 Å². The molecule has 3 heterocycles. The summed E-state index contributed by atoms with van der Waals surface area (Å²) in [7, 11) is 0. The van der Waals surface area contributed by atoms with E-state index in [0.29, 0.717) is 22.5 Å². The molecule has 0 aromatic carbocycles. The maximum absolute atomic E-state index is 10.6. The Labute approximate surface area is 153 Å². The van der Waals surface area contributed by atoms with Crippen LogP contribution in [0.4, 0.5) is 5.82 Å². The molecule has 0 bridgehead atoms. The van der Waals surface area contributed by atoms with Gasteiger partial charge in [0, 0.05) is 11.8 Å². The van der Waals surface area contributed by atoms with Gasteiger partial charge in [-0.05, 0) is 12.8 Å². The van der Waals surface area contributed by atoms with E-state index in [9.17, 15) is 14.4 Å². The molecule has 0 aliphatic carbocycles. The Morgan fingerprint density at radius 1 is 1.19 bits per heavy atom. The summed E-state index contributed by atoms with van der Waals surface area (Å²) in [6.07, 6.45) is 4.30. The zero-order chi connectivity index (χ0) is 20.6. The van der Waals surface area contributed by atoms with E-state index in [4.69, 9.17) is 16.6 Å². The second-order valence-corrected chi connectivity index (χ2v) is 5.72. The average Bonchev–Trinajstić information content (AvgIpc) is 3.09. The molecule has 12 heteroatoms. The molecule has 0 fully saturated rings. The lowest BCUT2D eigenvalue weighted by atomic mass is 10.1. The minimum absolute atomic E-state index is 0.0208. The molecule has 0 saturated carbocycles. The van der Waals surface area contributed by atoms with Crippen LogP contribution in [0.25, 0.3) is 11.2 Å². The number of carbonyl (C=O) groups is 1. The Bertz CT molecular complexity index is 991. The molecule has 3 aromatic rings. The largest absolute Gasteiger partial charge is 0.480 e. The van der Waals surface area contributed by atoms with Gasteiger partial charge in [0.1, 0.15) is 17.9 Å². The number of nitrogens with two attached hydrogens (primary N) is 2. The molecule has 0 aliphatic heterocycles. The average molecular weight is 378 g/mol. The van der Waals surface area contributed by atoms with Crippen molar-refractivity contribution in [3.8, 4) is 0 Å². The van der Waals surface area contributed by atoms with Crippen molar-refractivity contribution in [2.45, 2.75) is 26.8 Å². The Morgan fingerprint density at radius 2 is 1.85 bits per heavy atom. The summed E-state index contributed by atoms with van der Waals surface area (Å²) in [6, 6.07) is -0.713. The Kier molecular flexibility index (Phi) is 7.82. The van der Waals surface area contributed by atoms with Gasteiger partial charge in [0.15, 0.2) is 11.5 Å². The zero-order valence-electron chi connectivity index (χ0n) is 15.1. The molecule has 12 nitrogen and oxygen atoms in total. The SMILES string of the molecule is CC(C)[C@H](N)C(=O)O.Cc1c[nH]c(=O)[nH]c1=O.Nc1ncnc2nc[nH]c12. The van der Waals surface area contributed by atoms with Gasteiger partial charge in [-0.1, -0.05) is 13.8 Å². The predicted octanol–water partition coefficient (Wildman–Crippen LogP) is -0.639. The third-order valence-corrected chi connectivity index (χ3v) is 3.26. The van der Waals surface area contributed by atoms with Crippen LogP contribution in [0.5, 0.6) is 0 Å². The van der Waals surface area contributed by atoms with E-state index < -0.39 is 17.7 Å². The highest BCUT2D eigenvalue weighted by Gasteiger charge is 2.14. The van der Waals surface area contributed by atoms with Crippen molar-refractivity contribution in [3.63, 3.8) is 0 Å². The molecule has 0 amide bonds. The normalized spacial score (nSPS) is 11.1. The van der Waals surface area contributed by atoms with Crippen LogP contribution in [0, 0.1) is 12.8 Å². The van der Waals surface area contributed by atoms with Crippen molar-refractivity contribution in [2.24, 2.45) is 11.7 Å². The van der Waals surface area contributed by atoms with Gasteiger partial charge in [-0.25, -0.2) is 19.7 Å². The molecule has 8 N–H and O–H groups in total. The molecular formula is C15H22N8O4. The van der Waals surface area contributed by atoms with Gasteiger partial charge >= 0.3 is 11.7 Å². The minimum Gasteiger partial charge on any atom is -0.480 e. The van der Waals surface area contributed by atoms with Crippen molar-refractivity contribution in [3.05, 3.63) is 45.3 Å². The molecule has 1 atom stereocenters. The number of aromatic nitrogens is 6. The number of fused-ring (bicyclic) bond motifs is 1. The Morgan fingerprint density at radius 3 is 2.30 bits per heavy atom. The summed E-state index contributed by atoms with van der Waals surface area (Å²) in [4.78, 5) is 49.7. The fourth-order valence-electron chi connectivity index (χ4n) is 1.55. The maximum Gasteiger partial charge on any atom is 0.325 e. The van der Waals surface area contributed by atoms with Crippen molar-refractivity contribution in [2.75, 3.05) is 5.73 Å². The highest BCUT2D eigenvalue weighted by Crippen LogP contribution is 2.09.